The number of morpholine rings is 1. The Bertz CT molecular complexity index is 1340. The lowest BCUT2D eigenvalue weighted by molar-refractivity contribution is 0.0531. The number of carbonyl (C=O) groups excluding carboxylic acids is 1. The van der Waals surface area contributed by atoms with Gasteiger partial charge in [-0.1, -0.05) is 23.5 Å². The van der Waals surface area contributed by atoms with Gasteiger partial charge in [-0.2, -0.15) is 9.97 Å². The standard InChI is InChI=1S/C23H29N7O5S2/c1-4-35-21(31)20-15(2)25-23(36-20)28-22-26-18(13-19(27-22)30-9-11-34-12-10-30)24-14-16-5-7-17(8-6-16)29-37(3,32)33/h5-8,13,29H,4,9-12,14H2,1-3H3,(H2,24,25,26,27,28). The minimum absolute atomic E-state index is 0.287. The number of nitrogens with one attached hydrogen (secondary N) is 3. The Morgan fingerprint density at radius 1 is 1.16 bits per heavy atom. The molecule has 1 saturated heterocycles. The number of sulfonamides is 1. The van der Waals surface area contributed by atoms with Crippen LogP contribution in [0.25, 0.3) is 0 Å². The van der Waals surface area contributed by atoms with Crippen LogP contribution in [0.3, 0.4) is 0 Å². The Kier molecular flexibility index (Phi) is 8.41. The zero-order chi connectivity index (χ0) is 26.4. The van der Waals surface area contributed by atoms with Gasteiger partial charge in [-0.15, -0.1) is 0 Å². The van der Waals surface area contributed by atoms with Gasteiger partial charge in [-0.3, -0.25) is 10.0 Å². The second-order valence-corrected chi connectivity index (χ2v) is 11.0. The van der Waals surface area contributed by atoms with Gasteiger partial charge in [0.25, 0.3) is 0 Å². The molecule has 1 aliphatic heterocycles. The largest absolute Gasteiger partial charge is 0.462 e. The van der Waals surface area contributed by atoms with Crippen molar-refractivity contribution in [3.8, 4) is 0 Å². The third-order valence-corrected chi connectivity index (χ3v) is 6.91. The summed E-state index contributed by atoms with van der Waals surface area (Å²) in [7, 11) is -3.33. The third kappa shape index (κ3) is 7.50. The Hall–Kier alpha value is -3.49. The molecule has 0 spiro atoms. The second kappa shape index (κ2) is 11.7. The van der Waals surface area contributed by atoms with E-state index >= 15 is 0 Å². The Morgan fingerprint density at radius 3 is 2.57 bits per heavy atom. The zero-order valence-corrected chi connectivity index (χ0v) is 22.4. The van der Waals surface area contributed by atoms with Crippen molar-refractivity contribution in [2.45, 2.75) is 20.4 Å². The number of carbonyl (C=O) groups is 1. The molecule has 1 fully saturated rings. The number of aromatic nitrogens is 3. The van der Waals surface area contributed by atoms with E-state index in [-0.39, 0.29) is 6.61 Å². The summed E-state index contributed by atoms with van der Waals surface area (Å²) in [6.45, 7) is 6.88. The Morgan fingerprint density at radius 2 is 1.89 bits per heavy atom. The quantitative estimate of drug-likeness (QED) is 0.322. The second-order valence-electron chi connectivity index (χ2n) is 8.24. The van der Waals surface area contributed by atoms with Crippen LogP contribution in [0.1, 0.15) is 27.9 Å². The van der Waals surface area contributed by atoms with Gasteiger partial charge in [0.2, 0.25) is 16.0 Å². The van der Waals surface area contributed by atoms with Crippen LogP contribution < -0.4 is 20.3 Å². The maximum atomic E-state index is 12.2. The van der Waals surface area contributed by atoms with Crippen molar-refractivity contribution in [3.63, 3.8) is 0 Å². The molecule has 1 aliphatic rings. The fourth-order valence-electron chi connectivity index (χ4n) is 3.56. The highest BCUT2D eigenvalue weighted by atomic mass is 32.2. The van der Waals surface area contributed by atoms with Crippen molar-refractivity contribution < 1.29 is 22.7 Å². The van der Waals surface area contributed by atoms with Crippen LogP contribution in [0.2, 0.25) is 0 Å². The molecule has 3 aromatic rings. The van der Waals surface area contributed by atoms with Gasteiger partial charge in [0, 0.05) is 31.4 Å². The van der Waals surface area contributed by atoms with Crippen molar-refractivity contribution in [3.05, 3.63) is 46.5 Å². The van der Waals surface area contributed by atoms with Crippen LogP contribution in [-0.2, 0) is 26.0 Å². The summed E-state index contributed by atoms with van der Waals surface area (Å²) in [4.78, 5) is 28.4. The highest BCUT2D eigenvalue weighted by Gasteiger charge is 2.19. The number of nitrogens with zero attached hydrogens (tertiary/aromatic N) is 4. The molecule has 0 bridgehead atoms. The molecule has 0 radical (unpaired) electrons. The highest BCUT2D eigenvalue weighted by molar-refractivity contribution is 7.92. The molecule has 3 N–H and O–H groups in total. The first-order valence-electron chi connectivity index (χ1n) is 11.6. The van der Waals surface area contributed by atoms with Crippen LogP contribution in [0, 0.1) is 6.92 Å². The first-order chi connectivity index (χ1) is 17.7. The molecular formula is C23H29N7O5S2. The van der Waals surface area contributed by atoms with Gasteiger partial charge in [0.1, 0.15) is 16.5 Å². The first kappa shape index (κ1) is 26.6. The van der Waals surface area contributed by atoms with E-state index in [2.05, 4.69) is 35.2 Å². The van der Waals surface area contributed by atoms with Crippen LogP contribution in [0.15, 0.2) is 30.3 Å². The summed E-state index contributed by atoms with van der Waals surface area (Å²) >= 11 is 1.19. The molecule has 1 aromatic carbocycles. The average molecular weight is 548 g/mol. The van der Waals surface area contributed by atoms with Crippen molar-refractivity contribution in [1.82, 2.24) is 15.0 Å². The molecule has 0 aliphatic carbocycles. The van der Waals surface area contributed by atoms with E-state index in [9.17, 15) is 13.2 Å². The van der Waals surface area contributed by atoms with E-state index in [1.54, 1.807) is 26.0 Å². The third-order valence-electron chi connectivity index (χ3n) is 5.25. The van der Waals surface area contributed by atoms with E-state index < -0.39 is 16.0 Å². The van der Waals surface area contributed by atoms with Crippen LogP contribution >= 0.6 is 11.3 Å². The maximum Gasteiger partial charge on any atom is 0.350 e. The molecule has 0 amide bonds. The van der Waals surface area contributed by atoms with E-state index in [1.165, 1.54) is 11.3 Å². The smallest absolute Gasteiger partial charge is 0.350 e. The van der Waals surface area contributed by atoms with Gasteiger partial charge in [-0.05, 0) is 31.5 Å². The van der Waals surface area contributed by atoms with Crippen molar-refractivity contribution in [2.24, 2.45) is 0 Å². The minimum atomic E-state index is -3.33. The van der Waals surface area contributed by atoms with Crippen molar-refractivity contribution in [1.29, 1.82) is 0 Å². The maximum absolute atomic E-state index is 12.2. The van der Waals surface area contributed by atoms with Gasteiger partial charge in [0.05, 0.1) is 31.8 Å². The summed E-state index contributed by atoms with van der Waals surface area (Å²) in [5, 5.41) is 6.92. The van der Waals surface area contributed by atoms with Crippen molar-refractivity contribution >= 4 is 55.7 Å². The zero-order valence-electron chi connectivity index (χ0n) is 20.8. The number of rotatable bonds is 10. The number of aryl methyl sites for hydroxylation is 1. The lowest BCUT2D eigenvalue weighted by atomic mass is 10.2. The molecule has 37 heavy (non-hydrogen) atoms. The van der Waals surface area contributed by atoms with E-state index in [1.807, 2.05) is 18.2 Å². The average Bonchev–Trinajstić information content (AvgIpc) is 3.23. The number of ether oxygens (including phenoxy) is 2. The number of hydrogen-bond donors (Lipinski definition) is 3. The fraction of sp³-hybridized carbons (Fsp3) is 0.391. The van der Waals surface area contributed by atoms with Gasteiger partial charge >= 0.3 is 5.97 Å². The molecular weight excluding hydrogens is 518 g/mol. The van der Waals surface area contributed by atoms with Crippen LogP contribution in [0.4, 0.5) is 28.4 Å². The topological polar surface area (TPSA) is 148 Å². The summed E-state index contributed by atoms with van der Waals surface area (Å²) < 4.78 is 35.9. The predicted octanol–water partition coefficient (Wildman–Crippen LogP) is 2.98. The number of hydrogen-bond acceptors (Lipinski definition) is 12. The van der Waals surface area contributed by atoms with Gasteiger partial charge in [-0.25, -0.2) is 18.2 Å². The van der Waals surface area contributed by atoms with Crippen LogP contribution in [-0.4, -0.2) is 68.5 Å². The number of benzene rings is 1. The fourth-order valence-corrected chi connectivity index (χ4v) is 4.98. The molecule has 0 atom stereocenters. The SMILES string of the molecule is CCOC(=O)c1sc(Nc2nc(NCc3ccc(NS(C)(=O)=O)cc3)cc(N3CCOCC3)n2)nc1C. The summed E-state index contributed by atoms with van der Waals surface area (Å²) in [6.07, 6.45) is 1.11. The van der Waals surface area contributed by atoms with Gasteiger partial charge in [0.15, 0.2) is 5.13 Å². The van der Waals surface area contributed by atoms with Crippen LogP contribution in [0.5, 0.6) is 0 Å². The van der Waals surface area contributed by atoms with Gasteiger partial charge < -0.3 is 19.7 Å². The predicted molar refractivity (Wildman–Crippen MR) is 143 cm³/mol. The molecule has 0 saturated carbocycles. The molecule has 3 heterocycles. The normalized spacial score (nSPS) is 13.8. The Labute approximate surface area is 219 Å². The molecule has 198 valence electrons. The summed E-state index contributed by atoms with van der Waals surface area (Å²) in [6, 6.07) is 8.94. The molecule has 14 heteroatoms. The Balaban J connectivity index is 1.53. The number of thiazole rings is 1. The molecule has 4 rings (SSSR count). The van der Waals surface area contributed by atoms with Crippen molar-refractivity contribution in [2.75, 3.05) is 59.4 Å². The summed E-state index contributed by atoms with van der Waals surface area (Å²) in [5.74, 6) is 1.25. The minimum Gasteiger partial charge on any atom is -0.462 e. The highest BCUT2D eigenvalue weighted by Crippen LogP contribution is 2.27. The summed E-state index contributed by atoms with van der Waals surface area (Å²) in [5.41, 5.74) is 2.01. The number of esters is 1. The monoisotopic (exact) mass is 547 g/mol. The van der Waals surface area contributed by atoms with E-state index in [0.717, 1.165) is 17.6 Å². The first-order valence-corrected chi connectivity index (χ1v) is 14.3. The molecule has 0 unspecified atom stereocenters. The number of anilines is 5. The van der Waals surface area contributed by atoms with E-state index in [4.69, 9.17) is 9.47 Å². The lowest BCUT2D eigenvalue weighted by Crippen LogP contribution is -2.36. The van der Waals surface area contributed by atoms with E-state index in [0.29, 0.717) is 66.0 Å². The molecule has 12 nitrogen and oxygen atoms in total. The lowest BCUT2D eigenvalue weighted by Gasteiger charge is -2.28. The molecule has 2 aromatic heterocycles.